The number of alkyl halides is 6. The van der Waals surface area contributed by atoms with Crippen LogP contribution in [0.2, 0.25) is 0 Å². The van der Waals surface area contributed by atoms with Crippen molar-refractivity contribution in [3.05, 3.63) is 0 Å². The second-order valence-corrected chi connectivity index (χ2v) is 4.73. The second kappa shape index (κ2) is 5.72. The first-order valence-electron chi connectivity index (χ1n) is 6.03. The maximum Gasteiger partial charge on any atom is 0.473 e. The third kappa shape index (κ3) is 3.24. The molecule has 0 aromatic heterocycles. The molecule has 1 aliphatic rings. The summed E-state index contributed by atoms with van der Waals surface area (Å²) in [6.45, 7) is 0. The maximum absolute atomic E-state index is 13.1. The molecule has 0 amide bonds. The van der Waals surface area contributed by atoms with E-state index in [4.69, 9.17) is 5.11 Å². The van der Waals surface area contributed by atoms with Crippen LogP contribution in [-0.4, -0.2) is 35.0 Å². The van der Waals surface area contributed by atoms with Gasteiger partial charge >= 0.3 is 29.9 Å². The van der Waals surface area contributed by atoms with Crippen molar-refractivity contribution in [1.29, 1.82) is 0 Å². The Morgan fingerprint density at radius 1 is 0.952 bits per heavy atom. The fraction of sp³-hybridized carbons (Fsp3) is 0.818. The SMILES string of the molecule is O=C(OC(F)(F)C(F)(F)C(F)(F)C(=O)O)C1CCCCC1. The third-order valence-corrected chi connectivity index (χ3v) is 3.20. The summed E-state index contributed by atoms with van der Waals surface area (Å²) in [7, 11) is 0. The highest BCUT2D eigenvalue weighted by atomic mass is 19.3. The Kier molecular flexibility index (Phi) is 4.79. The minimum absolute atomic E-state index is 0.121. The molecule has 10 heteroatoms. The lowest BCUT2D eigenvalue weighted by Crippen LogP contribution is -2.59. The minimum Gasteiger partial charge on any atom is -0.477 e. The molecule has 0 aromatic rings. The van der Waals surface area contributed by atoms with Gasteiger partial charge < -0.3 is 9.84 Å². The molecule has 1 rings (SSSR count). The summed E-state index contributed by atoms with van der Waals surface area (Å²) in [5.41, 5.74) is 0. The zero-order chi connectivity index (χ0) is 16.5. The predicted molar refractivity (Wildman–Crippen MR) is 55.1 cm³/mol. The minimum atomic E-state index is -6.36. The second-order valence-electron chi connectivity index (χ2n) is 4.73. The Hall–Kier alpha value is -1.48. The van der Waals surface area contributed by atoms with Gasteiger partial charge in [0.05, 0.1) is 5.92 Å². The summed E-state index contributed by atoms with van der Waals surface area (Å²) in [5.74, 6) is -18.7. The average molecular weight is 322 g/mol. The zero-order valence-corrected chi connectivity index (χ0v) is 10.6. The molecule has 0 aromatic carbocycles. The van der Waals surface area contributed by atoms with Gasteiger partial charge in [-0.3, -0.25) is 4.79 Å². The lowest BCUT2D eigenvalue weighted by atomic mass is 9.89. The molecule has 21 heavy (non-hydrogen) atoms. The Bertz CT molecular complexity index is 417. The van der Waals surface area contributed by atoms with Crippen LogP contribution in [0.1, 0.15) is 32.1 Å². The predicted octanol–water partition coefficient (Wildman–Crippen LogP) is 3.06. The number of carbonyl (C=O) groups excluding carboxylic acids is 1. The van der Waals surface area contributed by atoms with E-state index in [9.17, 15) is 35.9 Å². The molecule has 1 saturated carbocycles. The molecule has 0 bridgehead atoms. The van der Waals surface area contributed by atoms with Crippen LogP contribution in [0.15, 0.2) is 0 Å². The van der Waals surface area contributed by atoms with E-state index in [1.54, 1.807) is 0 Å². The summed E-state index contributed by atoms with van der Waals surface area (Å²) < 4.78 is 80.8. The molecule has 4 nitrogen and oxygen atoms in total. The van der Waals surface area contributed by atoms with Gasteiger partial charge in [0.25, 0.3) is 0 Å². The molecular formula is C11H12F6O4. The van der Waals surface area contributed by atoms with E-state index in [1.165, 1.54) is 0 Å². The van der Waals surface area contributed by atoms with Crippen molar-refractivity contribution in [1.82, 2.24) is 0 Å². The van der Waals surface area contributed by atoms with E-state index < -0.39 is 35.8 Å². The van der Waals surface area contributed by atoms with E-state index in [0.29, 0.717) is 12.8 Å². The van der Waals surface area contributed by atoms with Crippen LogP contribution in [0.4, 0.5) is 26.3 Å². The van der Waals surface area contributed by atoms with Gasteiger partial charge in [0.1, 0.15) is 0 Å². The van der Waals surface area contributed by atoms with Crippen LogP contribution in [0.3, 0.4) is 0 Å². The molecule has 0 aliphatic heterocycles. The number of rotatable bonds is 5. The number of hydrogen-bond donors (Lipinski definition) is 1. The zero-order valence-electron chi connectivity index (χ0n) is 10.6. The van der Waals surface area contributed by atoms with Gasteiger partial charge in [-0.1, -0.05) is 19.3 Å². The molecule has 1 N–H and O–H groups in total. The van der Waals surface area contributed by atoms with Gasteiger partial charge in [0.2, 0.25) is 0 Å². The Morgan fingerprint density at radius 2 is 1.43 bits per heavy atom. The molecule has 0 atom stereocenters. The van der Waals surface area contributed by atoms with Crippen molar-refractivity contribution in [2.45, 2.75) is 50.1 Å². The maximum atomic E-state index is 13.1. The summed E-state index contributed by atoms with van der Waals surface area (Å²) >= 11 is 0. The van der Waals surface area contributed by atoms with Gasteiger partial charge in [-0.05, 0) is 12.8 Å². The topological polar surface area (TPSA) is 63.6 Å². The first kappa shape index (κ1) is 17.6. The Labute approximate surface area is 115 Å². The van der Waals surface area contributed by atoms with Crippen molar-refractivity contribution in [3.8, 4) is 0 Å². The van der Waals surface area contributed by atoms with Crippen LogP contribution in [0.5, 0.6) is 0 Å². The Morgan fingerprint density at radius 3 is 1.86 bits per heavy atom. The number of carboxylic acid groups (broad SMARTS) is 1. The summed E-state index contributed by atoms with van der Waals surface area (Å²) in [5, 5.41) is 7.92. The van der Waals surface area contributed by atoms with Gasteiger partial charge in [-0.2, -0.15) is 26.3 Å². The quantitative estimate of drug-likeness (QED) is 0.624. The first-order chi connectivity index (χ1) is 9.43. The van der Waals surface area contributed by atoms with Crippen LogP contribution >= 0.6 is 0 Å². The highest BCUT2D eigenvalue weighted by Crippen LogP contribution is 2.47. The van der Waals surface area contributed by atoms with Crippen molar-refractivity contribution >= 4 is 11.9 Å². The van der Waals surface area contributed by atoms with Gasteiger partial charge in [0.15, 0.2) is 0 Å². The number of ether oxygens (including phenoxy) is 1. The van der Waals surface area contributed by atoms with E-state index in [1.807, 2.05) is 0 Å². The molecule has 1 aliphatic carbocycles. The van der Waals surface area contributed by atoms with Gasteiger partial charge in [-0.15, -0.1) is 0 Å². The molecular weight excluding hydrogens is 310 g/mol. The molecule has 1 fully saturated rings. The summed E-state index contributed by atoms with van der Waals surface area (Å²) in [4.78, 5) is 21.3. The third-order valence-electron chi connectivity index (χ3n) is 3.20. The number of halogens is 6. The smallest absolute Gasteiger partial charge is 0.473 e. The number of carbonyl (C=O) groups is 2. The van der Waals surface area contributed by atoms with Gasteiger partial charge in [0, 0.05) is 0 Å². The lowest BCUT2D eigenvalue weighted by molar-refractivity contribution is -0.379. The molecule has 0 unspecified atom stereocenters. The van der Waals surface area contributed by atoms with E-state index >= 15 is 0 Å². The highest BCUT2D eigenvalue weighted by molar-refractivity contribution is 5.77. The van der Waals surface area contributed by atoms with Gasteiger partial charge in [-0.25, -0.2) is 4.79 Å². The first-order valence-corrected chi connectivity index (χ1v) is 6.03. The lowest BCUT2D eigenvalue weighted by Gasteiger charge is -2.30. The standard InChI is InChI=1S/C11H12F6O4/c12-9(13,8(19)20)10(14,15)11(16,17)21-7(18)6-4-2-1-3-5-6/h6H,1-5H2,(H,19,20). The van der Waals surface area contributed by atoms with E-state index in [-0.39, 0.29) is 12.8 Å². The number of hydrogen-bond acceptors (Lipinski definition) is 3. The Balaban J connectivity index is 2.88. The van der Waals surface area contributed by atoms with Crippen molar-refractivity contribution < 1.29 is 45.8 Å². The fourth-order valence-corrected chi connectivity index (χ4v) is 1.93. The highest BCUT2D eigenvalue weighted by Gasteiger charge is 2.78. The largest absolute Gasteiger partial charge is 0.477 e. The van der Waals surface area contributed by atoms with Crippen molar-refractivity contribution in [2.24, 2.45) is 5.92 Å². The van der Waals surface area contributed by atoms with Crippen LogP contribution in [-0.2, 0) is 14.3 Å². The van der Waals surface area contributed by atoms with Crippen LogP contribution in [0.25, 0.3) is 0 Å². The summed E-state index contributed by atoms with van der Waals surface area (Å²) in [6.07, 6.45) is -3.97. The van der Waals surface area contributed by atoms with Crippen LogP contribution < -0.4 is 0 Å². The average Bonchev–Trinajstić information content (AvgIpc) is 2.38. The van der Waals surface area contributed by atoms with Crippen molar-refractivity contribution in [2.75, 3.05) is 0 Å². The molecule has 0 saturated heterocycles. The normalized spacial score (nSPS) is 18.4. The molecule has 0 spiro atoms. The molecule has 0 heterocycles. The number of carboxylic acids is 1. The van der Waals surface area contributed by atoms with Crippen molar-refractivity contribution in [3.63, 3.8) is 0 Å². The monoisotopic (exact) mass is 322 g/mol. The van der Waals surface area contributed by atoms with E-state index in [0.717, 1.165) is 6.42 Å². The fourth-order valence-electron chi connectivity index (χ4n) is 1.93. The van der Waals surface area contributed by atoms with Crippen LogP contribution in [0, 0.1) is 5.92 Å². The number of esters is 1. The van der Waals surface area contributed by atoms with E-state index in [2.05, 4.69) is 4.74 Å². The molecule has 0 radical (unpaired) electrons. The number of aliphatic carboxylic acids is 1. The summed E-state index contributed by atoms with van der Waals surface area (Å²) in [6, 6.07) is 0. The molecule has 122 valence electrons.